The van der Waals surface area contributed by atoms with E-state index in [2.05, 4.69) is 37.1 Å². The molecule has 6 rings (SSSR count). The van der Waals surface area contributed by atoms with E-state index in [1.165, 1.54) is 25.2 Å². The average Bonchev–Trinajstić information content (AvgIpc) is 3.61. The molecular weight excluding hydrogens is 739 g/mol. The van der Waals surface area contributed by atoms with Crippen molar-refractivity contribution in [3.8, 4) is 11.8 Å². The fourth-order valence-corrected chi connectivity index (χ4v) is 12.7. The van der Waals surface area contributed by atoms with Crippen molar-refractivity contribution in [1.29, 1.82) is 0 Å². The Hall–Kier alpha value is -2.06. The molecule has 2 aliphatic heterocycles. The molecule has 0 amide bonds. The molecule has 0 bridgehead atoms. The highest BCUT2D eigenvalue weighted by molar-refractivity contribution is 6.00. The second kappa shape index (κ2) is 22.9. The van der Waals surface area contributed by atoms with Crippen molar-refractivity contribution in [2.24, 2.45) is 75.8 Å². The fraction of sp³-hybridized carbons (Fsp3) is 0.840. The maximum absolute atomic E-state index is 14.7. The summed E-state index contributed by atoms with van der Waals surface area (Å²) in [5.74, 6) is 11.0. The predicted octanol–water partition coefficient (Wildman–Crippen LogP) is 7.74. The molecule has 14 atom stereocenters. The summed E-state index contributed by atoms with van der Waals surface area (Å²) in [7, 11) is 1.68. The number of Topliss-reactive ketones (excluding diaryl/α,β-unsaturated/α-hetero) is 2. The lowest BCUT2D eigenvalue weighted by Gasteiger charge is -2.44. The van der Waals surface area contributed by atoms with Crippen LogP contribution in [0.5, 0.6) is 0 Å². The number of ether oxygens (including phenoxy) is 1. The van der Waals surface area contributed by atoms with Crippen molar-refractivity contribution < 1.29 is 29.6 Å². The van der Waals surface area contributed by atoms with Gasteiger partial charge in [-0.15, -0.1) is 4.99 Å². The third-order valence-electron chi connectivity index (χ3n) is 16.0. The van der Waals surface area contributed by atoms with E-state index in [0.717, 1.165) is 102 Å². The number of nitrogens with zero attached hydrogens (tertiary/aromatic N) is 1. The Morgan fingerprint density at radius 3 is 2.54 bits per heavy atom. The molecule has 0 aromatic rings. The third-order valence-corrected chi connectivity index (χ3v) is 16.0. The lowest BCUT2D eigenvalue weighted by atomic mass is 9.63. The van der Waals surface area contributed by atoms with Crippen molar-refractivity contribution in [2.75, 3.05) is 20.3 Å². The number of hydrogen-bond donors (Lipinski definition) is 5. The van der Waals surface area contributed by atoms with Crippen LogP contribution in [0.15, 0.2) is 16.8 Å². The van der Waals surface area contributed by atoms with E-state index < -0.39 is 12.2 Å². The van der Waals surface area contributed by atoms with Gasteiger partial charge in [0.2, 0.25) is 0 Å². The van der Waals surface area contributed by atoms with Crippen LogP contribution in [-0.4, -0.2) is 77.8 Å². The highest BCUT2D eigenvalue weighted by Crippen LogP contribution is 2.48. The lowest BCUT2D eigenvalue weighted by Crippen LogP contribution is -2.44. The highest BCUT2D eigenvalue weighted by atomic mass is 16.5. The molecule has 2 heterocycles. The van der Waals surface area contributed by atoms with Gasteiger partial charge >= 0.3 is 0 Å². The maximum atomic E-state index is 14.7. The van der Waals surface area contributed by atoms with E-state index in [4.69, 9.17) is 15.5 Å². The van der Waals surface area contributed by atoms with Crippen LogP contribution < -0.4 is 11.1 Å². The minimum absolute atomic E-state index is 0.00135. The first-order valence-electron chi connectivity index (χ1n) is 24.2. The summed E-state index contributed by atoms with van der Waals surface area (Å²) < 4.78 is 5.77. The van der Waals surface area contributed by atoms with Gasteiger partial charge < -0.3 is 31.1 Å². The predicted molar refractivity (Wildman–Crippen MR) is 235 cm³/mol. The number of nitrogens with two attached hydrogens (primary N) is 1. The van der Waals surface area contributed by atoms with Crippen LogP contribution in [0, 0.1) is 82.9 Å². The normalized spacial score (nSPS) is 36.5. The van der Waals surface area contributed by atoms with E-state index in [0.29, 0.717) is 49.4 Å². The molecule has 6 N–H and O–H groups in total. The zero-order chi connectivity index (χ0) is 41.9. The van der Waals surface area contributed by atoms with E-state index in [-0.39, 0.29) is 78.3 Å². The Bertz CT molecular complexity index is 1470. The largest absolute Gasteiger partial charge is 0.396 e. The monoisotopic (exact) mass is 819 g/mol. The van der Waals surface area contributed by atoms with Crippen LogP contribution in [-0.2, 0) is 14.3 Å². The number of aliphatic imine (C=N–C) groups is 1. The van der Waals surface area contributed by atoms with Crippen LogP contribution in [0.2, 0.25) is 0 Å². The summed E-state index contributed by atoms with van der Waals surface area (Å²) in [6.45, 7) is 5.54. The molecule has 0 aromatic heterocycles. The second-order valence-corrected chi connectivity index (χ2v) is 20.1. The summed E-state index contributed by atoms with van der Waals surface area (Å²) in [6.07, 6.45) is 21.8. The van der Waals surface area contributed by atoms with Gasteiger partial charge in [-0.2, -0.15) is 0 Å². The summed E-state index contributed by atoms with van der Waals surface area (Å²) in [5.41, 5.74) is 7.38. The number of unbranched alkanes of at least 4 members (excludes halogenated alkanes) is 1. The van der Waals surface area contributed by atoms with Crippen molar-refractivity contribution in [2.45, 2.75) is 180 Å². The lowest BCUT2D eigenvalue weighted by molar-refractivity contribution is -0.131. The van der Waals surface area contributed by atoms with Gasteiger partial charge in [0.05, 0.1) is 37.3 Å². The van der Waals surface area contributed by atoms with Crippen molar-refractivity contribution in [1.82, 2.24) is 5.32 Å². The SMILES string of the molecule is CCC[C@@H]([C@@H]1C[C@H](CC2CCNC(N)C2)C[C@@H]2C#C[C@H](C3CCCCC3)C3CC(O)C(OC)CC3CCC(=O)CC(=O)[C@@H]2C1)[C@H](O)CC1=C[C+]([C@H](C)CCCCO)C=N1. The van der Waals surface area contributed by atoms with Crippen molar-refractivity contribution >= 4 is 17.8 Å². The van der Waals surface area contributed by atoms with Crippen LogP contribution in [0.3, 0.4) is 0 Å². The summed E-state index contributed by atoms with van der Waals surface area (Å²) in [6, 6.07) is 0. The smallest absolute Gasteiger partial charge is 0.177 e. The Morgan fingerprint density at radius 1 is 0.983 bits per heavy atom. The van der Waals surface area contributed by atoms with Crippen LogP contribution >= 0.6 is 0 Å². The van der Waals surface area contributed by atoms with Gasteiger partial charge in [0, 0.05) is 43.8 Å². The first-order chi connectivity index (χ1) is 28.6. The Kier molecular flexibility index (Phi) is 18.0. The third kappa shape index (κ3) is 12.8. The van der Waals surface area contributed by atoms with E-state index in [9.17, 15) is 24.9 Å². The van der Waals surface area contributed by atoms with Crippen molar-refractivity contribution in [3.63, 3.8) is 0 Å². The summed E-state index contributed by atoms with van der Waals surface area (Å²) in [5, 5.41) is 36.2. The second-order valence-electron chi connectivity index (χ2n) is 20.1. The molecular formula is C50H80N3O6+. The number of carbonyl (C=O) groups excluding carboxylic acids is 2. The van der Waals surface area contributed by atoms with Gasteiger partial charge in [-0.05, 0) is 151 Å². The molecule has 59 heavy (non-hydrogen) atoms. The molecule has 9 heteroatoms. The van der Waals surface area contributed by atoms with E-state index in [1.54, 1.807) is 7.11 Å². The van der Waals surface area contributed by atoms with Gasteiger partial charge in [0.15, 0.2) is 5.70 Å². The standard InChI is InChI=1S/C50H80N3O6/c1-4-10-43(46(56)28-40-25-39(31-53-40)32(2)11-8-9-20-54)38-23-34(21-33-18-19-52-50(51)24-33)22-36-15-17-42(35-12-6-5-7-13-35)44-30-48(58)49(59-3)27-37(44)14-16-41(55)29-47(57)45(36)26-38/h25,31-38,42-46,48-50,52,54,56,58H,4-14,16,18-24,26-30,51H2,1-3H3/q+1/t32-,33?,34-,36+,37?,38-,42-,43+,44?,45-,46-,48?,49?,50?/m1/s1. The number of methoxy groups -OCH3 is 1. The number of allylic oxidation sites excluding steroid dienone is 1. The summed E-state index contributed by atoms with van der Waals surface area (Å²) >= 11 is 0. The molecule has 3 saturated carbocycles. The molecule has 6 unspecified atom stereocenters. The minimum atomic E-state index is -0.591. The fourth-order valence-electron chi connectivity index (χ4n) is 12.7. The van der Waals surface area contributed by atoms with Gasteiger partial charge in [-0.1, -0.05) is 44.4 Å². The first-order valence-corrected chi connectivity index (χ1v) is 24.2. The molecule has 4 fully saturated rings. The molecule has 330 valence electrons. The number of ketones is 2. The number of hydrogen-bond acceptors (Lipinski definition) is 9. The number of carbonyl (C=O) groups is 2. The van der Waals surface area contributed by atoms with Crippen molar-refractivity contribution in [3.05, 3.63) is 17.7 Å². The number of nitrogens with one attached hydrogen (secondary N) is 1. The van der Waals surface area contributed by atoms with Gasteiger partial charge in [-0.25, -0.2) is 0 Å². The Labute approximate surface area is 357 Å². The number of rotatable bonds is 15. The number of aliphatic hydroxyl groups excluding tert-OH is 3. The average molecular weight is 819 g/mol. The summed E-state index contributed by atoms with van der Waals surface area (Å²) in [4.78, 5) is 33.3. The number of piperidine rings is 1. The molecule has 9 nitrogen and oxygen atoms in total. The zero-order valence-corrected chi connectivity index (χ0v) is 36.9. The maximum Gasteiger partial charge on any atom is 0.177 e. The Morgan fingerprint density at radius 2 is 1.80 bits per heavy atom. The molecule has 0 aromatic carbocycles. The van der Waals surface area contributed by atoms with E-state index >= 15 is 0 Å². The van der Waals surface area contributed by atoms with Crippen LogP contribution in [0.25, 0.3) is 0 Å². The van der Waals surface area contributed by atoms with Gasteiger partial charge in [0.1, 0.15) is 29.8 Å². The molecule has 4 aliphatic carbocycles. The Balaban J connectivity index is 1.32. The minimum Gasteiger partial charge on any atom is -0.396 e. The van der Waals surface area contributed by atoms with Gasteiger partial charge in [-0.3, -0.25) is 9.59 Å². The first kappa shape index (κ1) is 46.4. The highest BCUT2D eigenvalue weighted by Gasteiger charge is 2.45. The van der Waals surface area contributed by atoms with Crippen LogP contribution in [0.4, 0.5) is 0 Å². The molecule has 1 saturated heterocycles. The topological polar surface area (TPSA) is 154 Å². The number of fused-ring (bicyclic) bond motifs is 2. The van der Waals surface area contributed by atoms with Gasteiger partial charge in [0.25, 0.3) is 0 Å². The quantitative estimate of drug-likeness (QED) is 0.0487. The zero-order valence-electron chi connectivity index (χ0n) is 36.9. The van der Waals surface area contributed by atoms with Crippen LogP contribution in [0.1, 0.15) is 155 Å². The number of aliphatic hydroxyl groups is 3. The molecule has 6 aliphatic rings. The molecule has 0 radical (unpaired) electrons. The molecule has 0 spiro atoms. The van der Waals surface area contributed by atoms with E-state index in [1.807, 2.05) is 6.21 Å².